The van der Waals surface area contributed by atoms with Crippen molar-refractivity contribution in [2.24, 2.45) is 0 Å². The Morgan fingerprint density at radius 1 is 0.469 bits per heavy atom. The van der Waals surface area contributed by atoms with Crippen LogP contribution in [0.1, 0.15) is 33.4 Å². The standard InChI is InChI=1S/C30H32BP/c1-21-17-23(3)29(24(4)18-21)31(30-25(5)19-22(2)20-26(30)6)32(27-13-9-7-10-14-27)28-15-11-8-12-16-28/h7-20H,1-6H3. The molecular formula is C30H32BP. The maximum absolute atomic E-state index is 2.36. The fraction of sp³-hybridized carbons (Fsp3) is 0.200. The van der Waals surface area contributed by atoms with Gasteiger partial charge in [-0.2, -0.15) is 0 Å². The van der Waals surface area contributed by atoms with Crippen molar-refractivity contribution in [1.82, 2.24) is 0 Å². The molecule has 0 aliphatic rings. The van der Waals surface area contributed by atoms with Gasteiger partial charge in [-0.25, -0.2) is 0 Å². The Morgan fingerprint density at radius 3 is 1.09 bits per heavy atom. The third-order valence-electron chi connectivity index (χ3n) is 6.35. The Hall–Kier alpha value is -2.63. The Kier molecular flexibility index (Phi) is 6.68. The van der Waals surface area contributed by atoms with Crippen molar-refractivity contribution < 1.29 is 0 Å². The highest BCUT2D eigenvalue weighted by Gasteiger charge is 2.35. The first kappa shape index (κ1) is 22.6. The van der Waals surface area contributed by atoms with Crippen molar-refractivity contribution in [3.05, 3.63) is 118 Å². The summed E-state index contributed by atoms with van der Waals surface area (Å²) in [5.41, 5.74) is 11.2. The van der Waals surface area contributed by atoms with E-state index in [2.05, 4.69) is 126 Å². The monoisotopic (exact) mass is 434 g/mol. The molecule has 0 nitrogen and oxygen atoms in total. The van der Waals surface area contributed by atoms with Gasteiger partial charge in [-0.15, -0.1) is 0 Å². The summed E-state index contributed by atoms with van der Waals surface area (Å²) in [6.07, 6.45) is 0.302. The second-order valence-corrected chi connectivity index (χ2v) is 11.4. The van der Waals surface area contributed by atoms with E-state index in [9.17, 15) is 0 Å². The average molecular weight is 434 g/mol. The van der Waals surface area contributed by atoms with Gasteiger partial charge < -0.3 is 0 Å². The molecule has 0 spiro atoms. The Bertz CT molecular complexity index is 1090. The van der Waals surface area contributed by atoms with Crippen molar-refractivity contribution in [2.75, 3.05) is 0 Å². The molecule has 0 fully saturated rings. The minimum atomic E-state index is -0.651. The molecule has 0 radical (unpaired) electrons. The van der Waals surface area contributed by atoms with E-state index in [1.165, 1.54) is 54.9 Å². The number of benzene rings is 4. The highest BCUT2D eigenvalue weighted by atomic mass is 31.1. The summed E-state index contributed by atoms with van der Waals surface area (Å²) >= 11 is 0. The predicted molar refractivity (Wildman–Crippen MR) is 145 cm³/mol. The van der Waals surface area contributed by atoms with Gasteiger partial charge in [0.25, 0.3) is 0 Å². The Balaban J connectivity index is 2.09. The van der Waals surface area contributed by atoms with Crippen molar-refractivity contribution in [3.8, 4) is 0 Å². The SMILES string of the molecule is Cc1cc(C)c(B(c2c(C)cc(C)cc2C)P(c2ccccc2)c2ccccc2)c(C)c1. The van der Waals surface area contributed by atoms with Crippen LogP contribution in [0.15, 0.2) is 84.9 Å². The lowest BCUT2D eigenvalue weighted by Crippen LogP contribution is -2.49. The van der Waals surface area contributed by atoms with Crippen LogP contribution in [0.5, 0.6) is 0 Å². The van der Waals surface area contributed by atoms with E-state index < -0.39 is 7.80 Å². The van der Waals surface area contributed by atoms with Crippen LogP contribution in [0.3, 0.4) is 0 Å². The summed E-state index contributed by atoms with van der Waals surface area (Å²) in [6.45, 7) is 13.6. The maximum atomic E-state index is 2.36. The number of hydrogen-bond acceptors (Lipinski definition) is 0. The van der Waals surface area contributed by atoms with E-state index in [0.717, 1.165) is 0 Å². The van der Waals surface area contributed by atoms with Crippen LogP contribution in [0, 0.1) is 41.5 Å². The normalized spacial score (nSPS) is 11.1. The second kappa shape index (κ2) is 9.47. The number of rotatable bonds is 5. The Labute approximate surface area is 195 Å². The average Bonchev–Trinajstić information content (AvgIpc) is 2.74. The fourth-order valence-corrected chi connectivity index (χ4v) is 8.48. The van der Waals surface area contributed by atoms with Crippen LogP contribution >= 0.6 is 7.80 Å². The summed E-state index contributed by atoms with van der Waals surface area (Å²) in [5.74, 6) is 0. The molecule has 32 heavy (non-hydrogen) atoms. The van der Waals surface area contributed by atoms with Crippen molar-refractivity contribution in [2.45, 2.75) is 41.5 Å². The van der Waals surface area contributed by atoms with Crippen LogP contribution in [-0.4, -0.2) is 6.43 Å². The van der Waals surface area contributed by atoms with Crippen molar-refractivity contribution >= 4 is 35.8 Å². The first-order valence-corrected chi connectivity index (χ1v) is 12.8. The first-order valence-electron chi connectivity index (χ1n) is 11.4. The molecule has 2 heteroatoms. The van der Waals surface area contributed by atoms with Crippen LogP contribution in [0.25, 0.3) is 0 Å². The van der Waals surface area contributed by atoms with Crippen LogP contribution in [0.4, 0.5) is 0 Å². The van der Waals surface area contributed by atoms with Gasteiger partial charge in [-0.1, -0.05) is 137 Å². The van der Waals surface area contributed by atoms with Crippen molar-refractivity contribution in [3.63, 3.8) is 0 Å². The van der Waals surface area contributed by atoms with E-state index in [-0.39, 0.29) is 0 Å². The summed E-state index contributed by atoms with van der Waals surface area (Å²) in [5, 5.41) is 2.86. The lowest BCUT2D eigenvalue weighted by atomic mass is 9.56. The molecule has 0 saturated heterocycles. The minimum Gasteiger partial charge on any atom is -0.0673 e. The van der Waals surface area contributed by atoms with Gasteiger partial charge in [0.15, 0.2) is 0 Å². The van der Waals surface area contributed by atoms with Gasteiger partial charge in [-0.05, 0) is 52.2 Å². The second-order valence-electron chi connectivity index (χ2n) is 9.07. The molecule has 0 atom stereocenters. The molecule has 160 valence electrons. The molecule has 0 aliphatic heterocycles. The first-order chi connectivity index (χ1) is 15.4. The number of hydrogen-bond donors (Lipinski definition) is 0. The lowest BCUT2D eigenvalue weighted by molar-refractivity contribution is 1.34. The summed E-state index contributed by atoms with van der Waals surface area (Å²) in [6, 6.07) is 31.7. The molecule has 4 rings (SSSR count). The topological polar surface area (TPSA) is 0 Å². The molecule has 0 unspecified atom stereocenters. The summed E-state index contributed by atoms with van der Waals surface area (Å²) in [4.78, 5) is 0. The molecule has 4 aromatic carbocycles. The van der Waals surface area contributed by atoms with E-state index in [0.29, 0.717) is 6.43 Å². The third-order valence-corrected chi connectivity index (χ3v) is 9.09. The number of aryl methyl sites for hydroxylation is 6. The molecular weight excluding hydrogens is 402 g/mol. The van der Waals surface area contributed by atoms with E-state index in [4.69, 9.17) is 0 Å². The highest BCUT2D eigenvalue weighted by Crippen LogP contribution is 2.38. The zero-order chi connectivity index (χ0) is 22.8. The molecule has 0 amide bonds. The Morgan fingerprint density at radius 2 is 0.781 bits per heavy atom. The molecule has 0 bridgehead atoms. The fourth-order valence-electron chi connectivity index (χ4n) is 5.27. The quantitative estimate of drug-likeness (QED) is 0.276. The van der Waals surface area contributed by atoms with E-state index in [1.54, 1.807) is 0 Å². The van der Waals surface area contributed by atoms with Gasteiger partial charge in [0.05, 0.1) is 0 Å². The molecule has 4 aromatic rings. The highest BCUT2D eigenvalue weighted by molar-refractivity contribution is 8.04. The summed E-state index contributed by atoms with van der Waals surface area (Å²) < 4.78 is 0. The van der Waals surface area contributed by atoms with Crippen LogP contribution in [0.2, 0.25) is 0 Å². The van der Waals surface area contributed by atoms with Gasteiger partial charge >= 0.3 is 0 Å². The summed E-state index contributed by atoms with van der Waals surface area (Å²) in [7, 11) is -0.651. The van der Waals surface area contributed by atoms with Gasteiger partial charge in [-0.3, -0.25) is 0 Å². The van der Waals surface area contributed by atoms with E-state index >= 15 is 0 Å². The molecule has 0 saturated carbocycles. The molecule has 0 N–H and O–H groups in total. The largest absolute Gasteiger partial charge is 0.248 e. The zero-order valence-electron chi connectivity index (χ0n) is 20.1. The van der Waals surface area contributed by atoms with E-state index in [1.807, 2.05) is 0 Å². The van der Waals surface area contributed by atoms with Crippen molar-refractivity contribution in [1.29, 1.82) is 0 Å². The lowest BCUT2D eigenvalue weighted by Gasteiger charge is -2.32. The molecule has 0 aromatic heterocycles. The predicted octanol–water partition coefficient (Wildman–Crippen LogP) is 5.78. The van der Waals surface area contributed by atoms with Gasteiger partial charge in [0.2, 0.25) is 6.43 Å². The maximum Gasteiger partial charge on any atom is 0.248 e. The molecule has 0 aliphatic carbocycles. The van der Waals surface area contributed by atoms with Crippen LogP contribution < -0.4 is 21.5 Å². The van der Waals surface area contributed by atoms with Gasteiger partial charge in [0, 0.05) is 0 Å². The van der Waals surface area contributed by atoms with Gasteiger partial charge in [0.1, 0.15) is 0 Å². The smallest absolute Gasteiger partial charge is 0.0673 e. The minimum absolute atomic E-state index is 0.302. The third kappa shape index (κ3) is 4.46. The zero-order valence-corrected chi connectivity index (χ0v) is 21.0. The molecule has 0 heterocycles. The van der Waals surface area contributed by atoms with Crippen LogP contribution in [-0.2, 0) is 0 Å².